The number of carbonyl (C=O) groups is 2. The molecule has 240 valence electrons. The molecule has 7 heteroatoms. The quantitative estimate of drug-likeness (QED) is 0.165. The molecule has 45 heavy (non-hydrogen) atoms. The van der Waals surface area contributed by atoms with E-state index in [0.717, 1.165) is 70.4 Å². The summed E-state index contributed by atoms with van der Waals surface area (Å²) < 4.78 is 0. The van der Waals surface area contributed by atoms with Gasteiger partial charge in [-0.3, -0.25) is 9.69 Å². The van der Waals surface area contributed by atoms with Crippen molar-refractivity contribution in [3.63, 3.8) is 0 Å². The molecule has 0 atom stereocenters. The van der Waals surface area contributed by atoms with Crippen molar-refractivity contribution in [2.75, 3.05) is 49.5 Å². The van der Waals surface area contributed by atoms with E-state index in [1.165, 1.54) is 30.4 Å². The highest BCUT2D eigenvalue weighted by Crippen LogP contribution is 2.32. The molecule has 5 rings (SSSR count). The maximum Gasteiger partial charge on any atom is 0.319 e. The molecule has 3 amide bonds. The van der Waals surface area contributed by atoms with E-state index in [0.29, 0.717) is 30.3 Å². The zero-order chi connectivity index (χ0) is 31.3. The number of nitrogens with one attached hydrogen (secondary N) is 3. The summed E-state index contributed by atoms with van der Waals surface area (Å²) in [5, 5.41) is 9.16. The van der Waals surface area contributed by atoms with Crippen molar-refractivity contribution in [2.24, 2.45) is 5.92 Å². The Morgan fingerprint density at radius 3 is 2.07 bits per heavy atom. The Balaban J connectivity index is 1.18. The molecule has 0 saturated carbocycles. The summed E-state index contributed by atoms with van der Waals surface area (Å²) in [6, 6.07) is 27.3. The minimum absolute atomic E-state index is 0.125. The molecule has 0 spiro atoms. The van der Waals surface area contributed by atoms with Gasteiger partial charge in [0.2, 0.25) is 0 Å². The third-order valence-corrected chi connectivity index (χ3v) is 9.33. The van der Waals surface area contributed by atoms with Crippen LogP contribution in [0.4, 0.5) is 16.2 Å². The normalized spacial score (nSPS) is 15.7. The highest BCUT2D eigenvalue weighted by molar-refractivity contribution is 6.04. The lowest BCUT2D eigenvalue weighted by Crippen LogP contribution is -2.41. The highest BCUT2D eigenvalue weighted by Gasteiger charge is 2.28. The van der Waals surface area contributed by atoms with Gasteiger partial charge in [-0.1, -0.05) is 93.3 Å². The molecule has 0 aliphatic carbocycles. The van der Waals surface area contributed by atoms with Gasteiger partial charge in [-0.05, 0) is 80.4 Å². The van der Waals surface area contributed by atoms with Gasteiger partial charge in [0, 0.05) is 31.9 Å². The first-order valence-electron chi connectivity index (χ1n) is 17.2. The summed E-state index contributed by atoms with van der Waals surface area (Å²) >= 11 is 0. The Labute approximate surface area is 269 Å². The van der Waals surface area contributed by atoms with Crippen LogP contribution in [0.5, 0.6) is 0 Å². The van der Waals surface area contributed by atoms with Crippen LogP contribution in [0.15, 0.2) is 78.9 Å². The molecular weight excluding hydrogens is 558 g/mol. The molecule has 3 aromatic rings. The third-order valence-electron chi connectivity index (χ3n) is 9.33. The SMILES string of the molecule is CCCCCCCNC(=O)Nc1ccc(N2CCCC2)cc1C(=O)NCC1CCN(C(c2ccccc2)c2ccccc2)CC1. The van der Waals surface area contributed by atoms with E-state index in [1.54, 1.807) is 0 Å². The molecule has 2 saturated heterocycles. The number of nitrogens with zero attached hydrogens (tertiary/aromatic N) is 2. The van der Waals surface area contributed by atoms with Gasteiger partial charge < -0.3 is 20.9 Å². The molecule has 2 aliphatic rings. The number of amides is 3. The minimum Gasteiger partial charge on any atom is -0.372 e. The molecule has 2 aliphatic heterocycles. The van der Waals surface area contributed by atoms with E-state index in [4.69, 9.17) is 0 Å². The van der Waals surface area contributed by atoms with E-state index >= 15 is 0 Å². The fraction of sp³-hybridized carbons (Fsp3) is 0.474. The van der Waals surface area contributed by atoms with E-state index in [9.17, 15) is 9.59 Å². The molecule has 2 fully saturated rings. The highest BCUT2D eigenvalue weighted by atomic mass is 16.2. The number of piperidine rings is 1. The van der Waals surface area contributed by atoms with Crippen molar-refractivity contribution >= 4 is 23.3 Å². The second-order valence-corrected chi connectivity index (χ2v) is 12.6. The Morgan fingerprint density at radius 1 is 0.778 bits per heavy atom. The van der Waals surface area contributed by atoms with Crippen LogP contribution in [0.25, 0.3) is 0 Å². The van der Waals surface area contributed by atoms with Crippen LogP contribution in [0.2, 0.25) is 0 Å². The van der Waals surface area contributed by atoms with Gasteiger partial charge >= 0.3 is 6.03 Å². The van der Waals surface area contributed by atoms with Crippen LogP contribution < -0.4 is 20.9 Å². The van der Waals surface area contributed by atoms with Gasteiger partial charge in [-0.25, -0.2) is 4.79 Å². The Bertz CT molecular complexity index is 1300. The van der Waals surface area contributed by atoms with Gasteiger partial charge in [0.1, 0.15) is 0 Å². The van der Waals surface area contributed by atoms with Crippen molar-refractivity contribution < 1.29 is 9.59 Å². The zero-order valence-corrected chi connectivity index (χ0v) is 27.0. The summed E-state index contributed by atoms with van der Waals surface area (Å²) in [5.41, 5.74) is 4.76. The van der Waals surface area contributed by atoms with Crippen LogP contribution in [-0.2, 0) is 0 Å². The predicted octanol–water partition coefficient (Wildman–Crippen LogP) is 7.61. The molecule has 0 unspecified atom stereocenters. The second kappa shape index (κ2) is 17.0. The maximum absolute atomic E-state index is 13.6. The largest absolute Gasteiger partial charge is 0.372 e. The predicted molar refractivity (Wildman–Crippen MR) is 185 cm³/mol. The molecule has 0 aromatic heterocycles. The first kappa shape index (κ1) is 32.6. The van der Waals surface area contributed by atoms with Crippen molar-refractivity contribution in [1.82, 2.24) is 15.5 Å². The lowest BCUT2D eigenvalue weighted by Gasteiger charge is -2.38. The number of anilines is 2. The molecule has 7 nitrogen and oxygen atoms in total. The third kappa shape index (κ3) is 9.33. The molecule has 0 bridgehead atoms. The van der Waals surface area contributed by atoms with E-state index in [2.05, 4.69) is 93.3 Å². The number of carbonyl (C=O) groups excluding carboxylic acids is 2. The number of benzene rings is 3. The number of likely N-dealkylation sites (tertiary alicyclic amines) is 1. The zero-order valence-electron chi connectivity index (χ0n) is 27.0. The van der Waals surface area contributed by atoms with Gasteiger partial charge in [-0.2, -0.15) is 0 Å². The van der Waals surface area contributed by atoms with E-state index in [-0.39, 0.29) is 18.0 Å². The number of hydrogen-bond donors (Lipinski definition) is 3. The van der Waals surface area contributed by atoms with Crippen molar-refractivity contribution in [3.8, 4) is 0 Å². The molecule has 3 N–H and O–H groups in total. The average Bonchev–Trinajstić information content (AvgIpc) is 3.63. The second-order valence-electron chi connectivity index (χ2n) is 12.6. The Morgan fingerprint density at radius 2 is 1.42 bits per heavy atom. The molecule has 0 radical (unpaired) electrons. The van der Waals surface area contributed by atoms with Crippen molar-refractivity contribution in [2.45, 2.75) is 70.8 Å². The monoisotopic (exact) mass is 609 g/mol. The van der Waals surface area contributed by atoms with Gasteiger partial charge in [0.15, 0.2) is 0 Å². The van der Waals surface area contributed by atoms with Crippen LogP contribution in [-0.4, -0.2) is 56.1 Å². The van der Waals surface area contributed by atoms with Crippen LogP contribution in [0, 0.1) is 5.92 Å². The Kier molecular flexibility index (Phi) is 12.3. The van der Waals surface area contributed by atoms with Gasteiger partial charge in [0.25, 0.3) is 5.91 Å². The molecular formula is C38H51N5O2. The number of rotatable bonds is 14. The summed E-state index contributed by atoms with van der Waals surface area (Å²) in [7, 11) is 0. The smallest absolute Gasteiger partial charge is 0.319 e. The molecule has 2 heterocycles. The van der Waals surface area contributed by atoms with Crippen LogP contribution in [0.1, 0.15) is 92.2 Å². The van der Waals surface area contributed by atoms with Gasteiger partial charge in [-0.15, -0.1) is 0 Å². The van der Waals surface area contributed by atoms with Crippen molar-refractivity contribution in [1.29, 1.82) is 0 Å². The van der Waals surface area contributed by atoms with E-state index in [1.807, 2.05) is 18.2 Å². The first-order chi connectivity index (χ1) is 22.1. The Hall–Kier alpha value is -3.84. The van der Waals surface area contributed by atoms with Crippen molar-refractivity contribution in [3.05, 3.63) is 95.6 Å². The summed E-state index contributed by atoms with van der Waals surface area (Å²) in [6.07, 6.45) is 10.1. The topological polar surface area (TPSA) is 76.7 Å². The van der Waals surface area contributed by atoms with Crippen LogP contribution in [0.3, 0.4) is 0 Å². The first-order valence-corrected chi connectivity index (χ1v) is 17.2. The fourth-order valence-electron chi connectivity index (χ4n) is 6.73. The standard InChI is InChI=1S/C38H51N5O2/c1-2-3-4-5-12-23-39-38(45)41-35-20-19-33(42-24-13-14-25-42)28-34(35)37(44)40-29-30-21-26-43(27-22-30)36(31-15-8-6-9-16-31)32-17-10-7-11-18-32/h6-11,15-20,28,30,36H,2-5,12-14,21-27,29H2,1H3,(H,40,44)(H2,39,41,45). The molecule has 3 aromatic carbocycles. The fourth-order valence-corrected chi connectivity index (χ4v) is 6.73. The summed E-state index contributed by atoms with van der Waals surface area (Å²) in [5.74, 6) is 0.284. The number of hydrogen-bond acceptors (Lipinski definition) is 4. The van der Waals surface area contributed by atoms with Crippen LogP contribution >= 0.6 is 0 Å². The summed E-state index contributed by atoms with van der Waals surface area (Å²) in [6.45, 7) is 7.42. The maximum atomic E-state index is 13.6. The average molecular weight is 610 g/mol. The minimum atomic E-state index is -0.257. The van der Waals surface area contributed by atoms with Gasteiger partial charge in [0.05, 0.1) is 17.3 Å². The number of unbranched alkanes of at least 4 members (excludes halogenated alkanes) is 4. The lowest BCUT2D eigenvalue weighted by atomic mass is 9.91. The number of urea groups is 1. The lowest BCUT2D eigenvalue weighted by molar-refractivity contribution is 0.0931. The summed E-state index contributed by atoms with van der Waals surface area (Å²) in [4.78, 5) is 31.3. The van der Waals surface area contributed by atoms with E-state index < -0.39 is 0 Å².